The summed E-state index contributed by atoms with van der Waals surface area (Å²) in [4.78, 5) is 5.60. The van der Waals surface area contributed by atoms with Crippen molar-refractivity contribution in [2.24, 2.45) is 0 Å². The average molecular weight is 270 g/mol. The van der Waals surface area contributed by atoms with Gasteiger partial charge in [-0.15, -0.1) is 21.5 Å². The number of nitrogens with two attached hydrogens (primary N) is 1. The van der Waals surface area contributed by atoms with E-state index in [1.54, 1.807) is 18.4 Å². The zero-order valence-corrected chi connectivity index (χ0v) is 11.4. The number of aryl methyl sites for hydroxylation is 1. The number of nitrogen functional groups attached to an aromatic ring is 1. The molecule has 0 aliphatic heterocycles. The highest BCUT2D eigenvalue weighted by Crippen LogP contribution is 2.34. The first-order valence-electron chi connectivity index (χ1n) is 5.31. The standard InChI is InChI=1S/C10H14N4OS2/c1-3-4-7-12-6(5-15-2)8(16-7)9-13-14-10(11)17-9/h3-5H2,1-2H3,(H2,11,14). The van der Waals surface area contributed by atoms with Crippen molar-refractivity contribution < 1.29 is 4.74 Å². The molecular weight excluding hydrogens is 256 g/mol. The van der Waals surface area contributed by atoms with Crippen molar-refractivity contribution in [1.29, 1.82) is 0 Å². The van der Waals surface area contributed by atoms with Crippen LogP contribution in [0.4, 0.5) is 5.13 Å². The van der Waals surface area contributed by atoms with Gasteiger partial charge in [-0.2, -0.15) is 0 Å². The van der Waals surface area contributed by atoms with E-state index in [2.05, 4.69) is 22.1 Å². The van der Waals surface area contributed by atoms with E-state index in [1.165, 1.54) is 11.3 Å². The highest BCUT2D eigenvalue weighted by atomic mass is 32.1. The third-order valence-corrected chi connectivity index (χ3v) is 4.18. The van der Waals surface area contributed by atoms with Crippen molar-refractivity contribution in [3.63, 3.8) is 0 Å². The van der Waals surface area contributed by atoms with Crippen molar-refractivity contribution in [2.45, 2.75) is 26.4 Å². The van der Waals surface area contributed by atoms with E-state index in [0.29, 0.717) is 11.7 Å². The lowest BCUT2D eigenvalue weighted by Gasteiger charge is -1.95. The molecule has 5 nitrogen and oxygen atoms in total. The van der Waals surface area contributed by atoms with Gasteiger partial charge in [0.2, 0.25) is 5.13 Å². The Labute approximate surface area is 108 Å². The molecule has 0 radical (unpaired) electrons. The van der Waals surface area contributed by atoms with Gasteiger partial charge in [-0.05, 0) is 12.8 Å². The monoisotopic (exact) mass is 270 g/mol. The number of hydrogen-bond acceptors (Lipinski definition) is 7. The van der Waals surface area contributed by atoms with Crippen LogP contribution in [0.5, 0.6) is 0 Å². The summed E-state index contributed by atoms with van der Waals surface area (Å²) in [7, 11) is 1.66. The Bertz CT molecular complexity index is 494. The molecular formula is C10H14N4OS2. The Morgan fingerprint density at radius 2 is 2.12 bits per heavy atom. The first-order valence-corrected chi connectivity index (χ1v) is 6.94. The Kier molecular flexibility index (Phi) is 4.03. The zero-order valence-electron chi connectivity index (χ0n) is 9.77. The summed E-state index contributed by atoms with van der Waals surface area (Å²) >= 11 is 3.03. The maximum Gasteiger partial charge on any atom is 0.203 e. The van der Waals surface area contributed by atoms with Gasteiger partial charge in [-0.3, -0.25) is 0 Å². The summed E-state index contributed by atoms with van der Waals surface area (Å²) in [5.74, 6) is 0. The van der Waals surface area contributed by atoms with E-state index in [1.807, 2.05) is 0 Å². The normalized spacial score (nSPS) is 10.9. The van der Waals surface area contributed by atoms with E-state index in [0.717, 1.165) is 33.4 Å². The quantitative estimate of drug-likeness (QED) is 0.902. The summed E-state index contributed by atoms with van der Waals surface area (Å²) in [6.07, 6.45) is 2.06. The lowest BCUT2D eigenvalue weighted by molar-refractivity contribution is 0.182. The van der Waals surface area contributed by atoms with Crippen molar-refractivity contribution in [2.75, 3.05) is 12.8 Å². The fourth-order valence-electron chi connectivity index (χ4n) is 1.45. The Morgan fingerprint density at radius 3 is 2.71 bits per heavy atom. The molecule has 0 saturated carbocycles. The molecule has 92 valence electrons. The van der Waals surface area contributed by atoms with Crippen molar-refractivity contribution in [3.05, 3.63) is 10.7 Å². The molecule has 2 aromatic rings. The largest absolute Gasteiger partial charge is 0.378 e. The van der Waals surface area contributed by atoms with Gasteiger partial charge in [0.1, 0.15) is 0 Å². The van der Waals surface area contributed by atoms with E-state index in [4.69, 9.17) is 10.5 Å². The lowest BCUT2D eigenvalue weighted by atomic mass is 10.3. The Morgan fingerprint density at radius 1 is 1.29 bits per heavy atom. The number of methoxy groups -OCH3 is 1. The van der Waals surface area contributed by atoms with Crippen molar-refractivity contribution in [1.82, 2.24) is 15.2 Å². The molecule has 0 atom stereocenters. The Balaban J connectivity index is 2.36. The maximum absolute atomic E-state index is 5.60. The summed E-state index contributed by atoms with van der Waals surface area (Å²) in [6, 6.07) is 0. The van der Waals surface area contributed by atoms with Crippen LogP contribution in [0.3, 0.4) is 0 Å². The summed E-state index contributed by atoms with van der Waals surface area (Å²) in [5.41, 5.74) is 6.53. The highest BCUT2D eigenvalue weighted by molar-refractivity contribution is 7.23. The number of anilines is 1. The van der Waals surface area contributed by atoms with Crippen LogP contribution in [0.15, 0.2) is 0 Å². The number of thiazole rings is 1. The molecule has 2 rings (SSSR count). The van der Waals surface area contributed by atoms with Gasteiger partial charge in [0.15, 0.2) is 5.01 Å². The van der Waals surface area contributed by atoms with E-state index < -0.39 is 0 Å². The van der Waals surface area contributed by atoms with Crippen LogP contribution in [0.25, 0.3) is 9.88 Å². The predicted molar refractivity (Wildman–Crippen MR) is 70.1 cm³/mol. The molecule has 2 heterocycles. The minimum Gasteiger partial charge on any atom is -0.378 e. The van der Waals surface area contributed by atoms with Gasteiger partial charge in [0.05, 0.1) is 22.2 Å². The molecule has 7 heteroatoms. The van der Waals surface area contributed by atoms with Crippen LogP contribution in [0.2, 0.25) is 0 Å². The first-order chi connectivity index (χ1) is 8.24. The van der Waals surface area contributed by atoms with Crippen molar-refractivity contribution in [3.8, 4) is 9.88 Å². The first kappa shape index (κ1) is 12.4. The molecule has 0 unspecified atom stereocenters. The molecule has 0 aliphatic rings. The smallest absolute Gasteiger partial charge is 0.203 e. The topological polar surface area (TPSA) is 73.9 Å². The number of nitrogens with zero attached hydrogens (tertiary/aromatic N) is 3. The molecule has 0 aliphatic carbocycles. The third kappa shape index (κ3) is 2.80. The summed E-state index contributed by atoms with van der Waals surface area (Å²) < 4.78 is 5.16. The molecule has 17 heavy (non-hydrogen) atoms. The summed E-state index contributed by atoms with van der Waals surface area (Å²) in [6.45, 7) is 2.63. The second-order valence-electron chi connectivity index (χ2n) is 3.51. The number of aromatic nitrogens is 3. The fourth-order valence-corrected chi connectivity index (χ4v) is 3.32. The van der Waals surface area contributed by atoms with E-state index in [-0.39, 0.29) is 0 Å². The van der Waals surface area contributed by atoms with Gasteiger partial charge >= 0.3 is 0 Å². The summed E-state index contributed by atoms with van der Waals surface area (Å²) in [5, 5.41) is 10.3. The molecule has 0 fully saturated rings. The molecule has 2 N–H and O–H groups in total. The van der Waals surface area contributed by atoms with Crippen LogP contribution in [0, 0.1) is 0 Å². The highest BCUT2D eigenvalue weighted by Gasteiger charge is 2.16. The second kappa shape index (κ2) is 5.52. The van der Waals surface area contributed by atoms with Crippen LogP contribution in [0.1, 0.15) is 24.0 Å². The van der Waals surface area contributed by atoms with Gasteiger partial charge in [0, 0.05) is 7.11 Å². The van der Waals surface area contributed by atoms with Gasteiger partial charge < -0.3 is 10.5 Å². The van der Waals surface area contributed by atoms with E-state index >= 15 is 0 Å². The fraction of sp³-hybridized carbons (Fsp3) is 0.500. The van der Waals surface area contributed by atoms with Gasteiger partial charge in [-0.1, -0.05) is 18.3 Å². The SMILES string of the molecule is CCCc1nc(COC)c(-c2nnc(N)s2)s1. The van der Waals surface area contributed by atoms with Crippen LogP contribution in [-0.4, -0.2) is 22.3 Å². The average Bonchev–Trinajstić information content (AvgIpc) is 2.86. The predicted octanol–water partition coefficient (Wildman–Crippen LogP) is 2.34. The number of rotatable bonds is 5. The lowest BCUT2D eigenvalue weighted by Crippen LogP contribution is -1.91. The van der Waals surface area contributed by atoms with Crippen molar-refractivity contribution >= 4 is 27.8 Å². The molecule has 2 aromatic heterocycles. The third-order valence-electron chi connectivity index (χ3n) is 2.12. The minimum atomic E-state index is 0.480. The minimum absolute atomic E-state index is 0.480. The van der Waals surface area contributed by atoms with Crippen LogP contribution >= 0.6 is 22.7 Å². The van der Waals surface area contributed by atoms with Gasteiger partial charge in [-0.25, -0.2) is 4.98 Å². The van der Waals surface area contributed by atoms with E-state index in [9.17, 15) is 0 Å². The second-order valence-corrected chi connectivity index (χ2v) is 5.60. The zero-order chi connectivity index (χ0) is 12.3. The molecule has 0 amide bonds. The number of hydrogen-bond donors (Lipinski definition) is 1. The molecule has 0 spiro atoms. The number of ether oxygens (including phenoxy) is 1. The van der Waals surface area contributed by atoms with Gasteiger partial charge in [0.25, 0.3) is 0 Å². The molecule has 0 saturated heterocycles. The Hall–Kier alpha value is -1.05. The van der Waals surface area contributed by atoms with Crippen LogP contribution in [-0.2, 0) is 17.8 Å². The maximum atomic E-state index is 5.60. The van der Waals surface area contributed by atoms with Crippen LogP contribution < -0.4 is 5.73 Å². The molecule has 0 aromatic carbocycles. The molecule has 0 bridgehead atoms.